The van der Waals surface area contributed by atoms with Gasteiger partial charge in [-0.25, -0.2) is 8.42 Å². The summed E-state index contributed by atoms with van der Waals surface area (Å²) in [7, 11) is -3.41. The monoisotopic (exact) mass is 302 g/mol. The van der Waals surface area contributed by atoms with Crippen LogP contribution in [0.25, 0.3) is 0 Å². The van der Waals surface area contributed by atoms with Crippen LogP contribution in [0.15, 0.2) is 10.3 Å². The molecule has 1 aliphatic rings. The van der Waals surface area contributed by atoms with Gasteiger partial charge in [0.1, 0.15) is 4.90 Å². The second-order valence-corrected chi connectivity index (χ2v) is 8.27. The molecule has 2 unspecified atom stereocenters. The number of hydrogen-bond acceptors (Lipinski definition) is 4. The average molecular weight is 302 g/mol. The standard InChI is InChI=1S/C13H22N2O2S2/c1-9-4-5-11(3)15(7-9)19(16,17)13-10(2)8-18-12(13)6-14/h8-9,11H,4-7,14H2,1-3H3. The van der Waals surface area contributed by atoms with Crippen LogP contribution in [-0.4, -0.2) is 25.3 Å². The first kappa shape index (κ1) is 15.0. The summed E-state index contributed by atoms with van der Waals surface area (Å²) in [6, 6.07) is 0.0751. The third-order valence-electron chi connectivity index (χ3n) is 3.80. The average Bonchev–Trinajstić information content (AvgIpc) is 2.74. The summed E-state index contributed by atoms with van der Waals surface area (Å²) in [6.45, 7) is 6.85. The van der Waals surface area contributed by atoms with Crippen molar-refractivity contribution in [3.63, 3.8) is 0 Å². The van der Waals surface area contributed by atoms with Crippen molar-refractivity contribution in [2.75, 3.05) is 6.54 Å². The van der Waals surface area contributed by atoms with Crippen LogP contribution in [0.2, 0.25) is 0 Å². The predicted molar refractivity (Wildman–Crippen MR) is 78.7 cm³/mol. The Morgan fingerprint density at radius 3 is 2.74 bits per heavy atom. The minimum Gasteiger partial charge on any atom is -0.326 e. The van der Waals surface area contributed by atoms with Gasteiger partial charge in [0, 0.05) is 24.0 Å². The van der Waals surface area contributed by atoms with E-state index in [2.05, 4.69) is 6.92 Å². The lowest BCUT2D eigenvalue weighted by molar-refractivity contribution is 0.218. The Bertz CT molecular complexity index is 551. The summed E-state index contributed by atoms with van der Waals surface area (Å²) in [5.41, 5.74) is 6.50. The Balaban J connectivity index is 2.44. The van der Waals surface area contributed by atoms with Gasteiger partial charge in [-0.05, 0) is 43.6 Å². The van der Waals surface area contributed by atoms with Gasteiger partial charge in [0.2, 0.25) is 10.0 Å². The number of rotatable bonds is 3. The summed E-state index contributed by atoms with van der Waals surface area (Å²) in [5, 5.41) is 1.88. The lowest BCUT2D eigenvalue weighted by Crippen LogP contribution is -2.45. The summed E-state index contributed by atoms with van der Waals surface area (Å²) < 4.78 is 27.4. The zero-order valence-corrected chi connectivity index (χ0v) is 13.4. The first-order valence-corrected chi connectivity index (χ1v) is 8.98. The fourth-order valence-electron chi connectivity index (χ4n) is 2.67. The van der Waals surface area contributed by atoms with Gasteiger partial charge in [0.25, 0.3) is 0 Å². The molecule has 1 aliphatic heterocycles. The van der Waals surface area contributed by atoms with E-state index in [1.165, 1.54) is 11.3 Å². The molecule has 2 heterocycles. The van der Waals surface area contributed by atoms with Crippen molar-refractivity contribution in [3.8, 4) is 0 Å². The van der Waals surface area contributed by atoms with E-state index >= 15 is 0 Å². The number of sulfonamides is 1. The fraction of sp³-hybridized carbons (Fsp3) is 0.692. The zero-order chi connectivity index (χ0) is 14.2. The van der Waals surface area contributed by atoms with E-state index in [4.69, 9.17) is 5.73 Å². The minimum atomic E-state index is -3.41. The fourth-order valence-corrected chi connectivity index (χ4v) is 6.11. The molecule has 19 heavy (non-hydrogen) atoms. The molecule has 1 fully saturated rings. The maximum Gasteiger partial charge on any atom is 0.244 e. The summed E-state index contributed by atoms with van der Waals surface area (Å²) in [4.78, 5) is 1.21. The molecule has 4 nitrogen and oxygen atoms in total. The molecule has 1 saturated heterocycles. The quantitative estimate of drug-likeness (QED) is 0.932. The number of piperidine rings is 1. The van der Waals surface area contributed by atoms with Crippen molar-refractivity contribution in [2.45, 2.75) is 51.1 Å². The van der Waals surface area contributed by atoms with E-state index in [0.717, 1.165) is 23.3 Å². The van der Waals surface area contributed by atoms with E-state index in [-0.39, 0.29) is 12.6 Å². The third kappa shape index (κ3) is 2.72. The maximum atomic E-state index is 12.9. The molecule has 0 spiro atoms. The molecule has 0 saturated carbocycles. The molecule has 1 aromatic rings. The second kappa shape index (κ2) is 5.52. The molecule has 2 rings (SSSR count). The highest BCUT2D eigenvalue weighted by atomic mass is 32.2. The summed E-state index contributed by atoms with van der Waals surface area (Å²) >= 11 is 1.44. The zero-order valence-electron chi connectivity index (χ0n) is 11.7. The Kier molecular flexibility index (Phi) is 4.35. The molecule has 0 amide bonds. The molecule has 108 valence electrons. The predicted octanol–water partition coefficient (Wildman–Crippen LogP) is 2.32. The minimum absolute atomic E-state index is 0.0751. The number of thiophene rings is 1. The first-order valence-electron chi connectivity index (χ1n) is 6.66. The van der Waals surface area contributed by atoms with Crippen LogP contribution < -0.4 is 5.73 Å². The Labute approximate surface area is 119 Å². The van der Waals surface area contributed by atoms with E-state index in [0.29, 0.717) is 17.4 Å². The Hall–Kier alpha value is -0.430. The molecular formula is C13H22N2O2S2. The van der Waals surface area contributed by atoms with Crippen LogP contribution in [0.4, 0.5) is 0 Å². The lowest BCUT2D eigenvalue weighted by Gasteiger charge is -2.35. The molecule has 0 aromatic carbocycles. The molecule has 2 N–H and O–H groups in total. The van der Waals surface area contributed by atoms with Crippen LogP contribution in [0.5, 0.6) is 0 Å². The molecule has 0 bridgehead atoms. The van der Waals surface area contributed by atoms with E-state index in [1.54, 1.807) is 4.31 Å². The van der Waals surface area contributed by atoms with Crippen molar-refractivity contribution in [2.24, 2.45) is 11.7 Å². The molecule has 1 aromatic heterocycles. The van der Waals surface area contributed by atoms with E-state index in [9.17, 15) is 8.42 Å². The number of hydrogen-bond donors (Lipinski definition) is 1. The topological polar surface area (TPSA) is 63.4 Å². The van der Waals surface area contributed by atoms with Gasteiger partial charge >= 0.3 is 0 Å². The Morgan fingerprint density at radius 1 is 1.42 bits per heavy atom. The van der Waals surface area contributed by atoms with Crippen molar-refractivity contribution >= 4 is 21.4 Å². The molecule has 6 heteroatoms. The van der Waals surface area contributed by atoms with Crippen LogP contribution in [0.1, 0.15) is 37.1 Å². The van der Waals surface area contributed by atoms with Gasteiger partial charge < -0.3 is 5.73 Å². The highest BCUT2D eigenvalue weighted by molar-refractivity contribution is 7.89. The van der Waals surface area contributed by atoms with Gasteiger partial charge in [0.15, 0.2) is 0 Å². The van der Waals surface area contributed by atoms with Crippen LogP contribution in [0, 0.1) is 12.8 Å². The molecule has 0 radical (unpaired) electrons. The van der Waals surface area contributed by atoms with Crippen molar-refractivity contribution in [1.82, 2.24) is 4.31 Å². The van der Waals surface area contributed by atoms with Crippen molar-refractivity contribution in [3.05, 3.63) is 15.8 Å². The van der Waals surface area contributed by atoms with Gasteiger partial charge in [-0.2, -0.15) is 4.31 Å². The van der Waals surface area contributed by atoms with Crippen LogP contribution in [0.3, 0.4) is 0 Å². The second-order valence-electron chi connectivity index (χ2n) is 5.48. The number of nitrogens with zero attached hydrogens (tertiary/aromatic N) is 1. The lowest BCUT2D eigenvalue weighted by atomic mass is 9.97. The summed E-state index contributed by atoms with van der Waals surface area (Å²) in [6.07, 6.45) is 2.03. The summed E-state index contributed by atoms with van der Waals surface area (Å²) in [5.74, 6) is 0.422. The Morgan fingerprint density at radius 2 is 2.11 bits per heavy atom. The highest BCUT2D eigenvalue weighted by Gasteiger charge is 2.36. The smallest absolute Gasteiger partial charge is 0.244 e. The molecule has 2 atom stereocenters. The van der Waals surface area contributed by atoms with Crippen molar-refractivity contribution in [1.29, 1.82) is 0 Å². The number of nitrogens with two attached hydrogens (primary N) is 1. The van der Waals surface area contributed by atoms with E-state index in [1.807, 2.05) is 19.2 Å². The highest BCUT2D eigenvalue weighted by Crippen LogP contribution is 2.33. The van der Waals surface area contributed by atoms with E-state index < -0.39 is 10.0 Å². The van der Waals surface area contributed by atoms with Gasteiger partial charge in [-0.3, -0.25) is 0 Å². The van der Waals surface area contributed by atoms with Crippen molar-refractivity contribution < 1.29 is 8.42 Å². The molecular weight excluding hydrogens is 280 g/mol. The van der Waals surface area contributed by atoms with Gasteiger partial charge in [-0.1, -0.05) is 6.92 Å². The maximum absolute atomic E-state index is 12.9. The van der Waals surface area contributed by atoms with Crippen LogP contribution >= 0.6 is 11.3 Å². The molecule has 0 aliphatic carbocycles. The largest absolute Gasteiger partial charge is 0.326 e. The SMILES string of the molecule is Cc1csc(CN)c1S(=O)(=O)N1CC(C)CCC1C. The normalized spacial score (nSPS) is 25.7. The number of aryl methyl sites for hydroxylation is 1. The van der Waals surface area contributed by atoms with Crippen LogP contribution in [-0.2, 0) is 16.6 Å². The van der Waals surface area contributed by atoms with Gasteiger partial charge in [0.05, 0.1) is 0 Å². The van der Waals surface area contributed by atoms with Gasteiger partial charge in [-0.15, -0.1) is 11.3 Å². The first-order chi connectivity index (χ1) is 8.87. The third-order valence-corrected chi connectivity index (χ3v) is 7.27.